The van der Waals surface area contributed by atoms with Crippen LogP contribution in [0.3, 0.4) is 0 Å². The van der Waals surface area contributed by atoms with Crippen LogP contribution in [0.4, 0.5) is 5.13 Å². The Morgan fingerprint density at radius 3 is 2.46 bits per heavy atom. The maximum Gasteiger partial charge on any atom is 0.257 e. The van der Waals surface area contributed by atoms with Crippen molar-refractivity contribution in [1.29, 1.82) is 0 Å². The molecule has 1 aliphatic rings. The van der Waals surface area contributed by atoms with E-state index in [-0.39, 0.29) is 10.8 Å². The molecule has 2 aromatic carbocycles. The summed E-state index contributed by atoms with van der Waals surface area (Å²) in [5, 5.41) is 3.35. The molecular weight excluding hydrogens is 526 g/mol. The lowest BCUT2D eigenvalue weighted by atomic mass is 9.94. The number of hydrogen-bond donors (Lipinski definition) is 1. The van der Waals surface area contributed by atoms with Crippen LogP contribution in [0.25, 0.3) is 11.3 Å². The van der Waals surface area contributed by atoms with Crippen molar-refractivity contribution in [2.75, 3.05) is 18.4 Å². The molecular formula is C31H37N3O3S2. The molecule has 1 aromatic heterocycles. The van der Waals surface area contributed by atoms with E-state index < -0.39 is 10.0 Å². The molecule has 39 heavy (non-hydrogen) atoms. The van der Waals surface area contributed by atoms with E-state index in [1.807, 2.05) is 13.8 Å². The van der Waals surface area contributed by atoms with E-state index in [9.17, 15) is 13.2 Å². The van der Waals surface area contributed by atoms with Gasteiger partial charge < -0.3 is 0 Å². The van der Waals surface area contributed by atoms with Gasteiger partial charge in [0.2, 0.25) is 10.0 Å². The summed E-state index contributed by atoms with van der Waals surface area (Å²) in [7, 11) is -3.58. The molecule has 2 heterocycles. The molecule has 206 valence electrons. The Morgan fingerprint density at radius 1 is 1.08 bits per heavy atom. The Balaban J connectivity index is 1.51. The first-order chi connectivity index (χ1) is 18.7. The Labute approximate surface area is 236 Å². The number of carbonyl (C=O) groups excluding carboxylic acids is 1. The number of carbonyl (C=O) groups is 1. The minimum Gasteiger partial charge on any atom is -0.298 e. The van der Waals surface area contributed by atoms with Crippen LogP contribution in [0.2, 0.25) is 0 Å². The number of sulfonamides is 1. The predicted octanol–water partition coefficient (Wildman–Crippen LogP) is 7.03. The number of thiazole rings is 1. The van der Waals surface area contributed by atoms with Crippen molar-refractivity contribution < 1.29 is 13.2 Å². The average Bonchev–Trinajstić information content (AvgIpc) is 3.32. The van der Waals surface area contributed by atoms with Crippen LogP contribution in [0, 0.1) is 31.6 Å². The largest absolute Gasteiger partial charge is 0.298 e. The normalized spacial score (nSPS) is 14.6. The summed E-state index contributed by atoms with van der Waals surface area (Å²) in [5.41, 5.74) is 4.36. The SMILES string of the molecule is CCCC#Cc1sc(NC(=O)c2ccc(S(=O)(=O)N3CCC(CCC)CC3)cc2)nc1-c1cc(C)ccc1C. The van der Waals surface area contributed by atoms with Gasteiger partial charge in [0.25, 0.3) is 5.91 Å². The van der Waals surface area contributed by atoms with Crippen LogP contribution in [0.15, 0.2) is 47.4 Å². The fourth-order valence-electron chi connectivity index (χ4n) is 4.84. The fourth-order valence-corrected chi connectivity index (χ4v) is 7.16. The van der Waals surface area contributed by atoms with Crippen molar-refractivity contribution >= 4 is 32.4 Å². The number of benzene rings is 2. The highest BCUT2D eigenvalue weighted by Crippen LogP contribution is 2.33. The molecule has 0 radical (unpaired) electrons. The Morgan fingerprint density at radius 2 is 1.79 bits per heavy atom. The van der Waals surface area contributed by atoms with Gasteiger partial charge in [0.05, 0.1) is 10.6 Å². The van der Waals surface area contributed by atoms with E-state index in [2.05, 4.69) is 49.2 Å². The number of hydrogen-bond acceptors (Lipinski definition) is 5. The van der Waals surface area contributed by atoms with E-state index in [0.717, 1.165) is 65.8 Å². The van der Waals surface area contributed by atoms with Crippen LogP contribution in [-0.4, -0.2) is 36.7 Å². The van der Waals surface area contributed by atoms with Gasteiger partial charge in [-0.3, -0.25) is 10.1 Å². The molecule has 1 aliphatic heterocycles. The number of anilines is 1. The number of rotatable bonds is 8. The third kappa shape index (κ3) is 6.96. The van der Waals surface area contributed by atoms with Crippen LogP contribution in [0.1, 0.15) is 78.7 Å². The average molecular weight is 564 g/mol. The number of unbranched alkanes of at least 4 members (excludes halogenated alkanes) is 1. The maximum absolute atomic E-state index is 13.2. The smallest absolute Gasteiger partial charge is 0.257 e. The molecule has 0 unspecified atom stereocenters. The number of nitrogens with one attached hydrogen (secondary N) is 1. The van der Waals surface area contributed by atoms with Crippen molar-refractivity contribution in [3.8, 4) is 23.1 Å². The van der Waals surface area contributed by atoms with Crippen molar-refractivity contribution in [3.05, 3.63) is 64.0 Å². The van der Waals surface area contributed by atoms with Gasteiger partial charge in [-0.1, -0.05) is 67.6 Å². The molecule has 0 atom stereocenters. The molecule has 8 heteroatoms. The van der Waals surface area contributed by atoms with Gasteiger partial charge in [0.1, 0.15) is 4.88 Å². The number of amides is 1. The third-order valence-electron chi connectivity index (χ3n) is 7.10. The summed E-state index contributed by atoms with van der Waals surface area (Å²) in [4.78, 5) is 18.8. The second-order valence-corrected chi connectivity index (χ2v) is 13.1. The number of aromatic nitrogens is 1. The highest BCUT2D eigenvalue weighted by atomic mass is 32.2. The summed E-state index contributed by atoms with van der Waals surface area (Å²) in [6.45, 7) is 9.43. The predicted molar refractivity (Wildman–Crippen MR) is 160 cm³/mol. The molecule has 3 aromatic rings. The first-order valence-electron chi connectivity index (χ1n) is 13.7. The lowest BCUT2D eigenvalue weighted by Crippen LogP contribution is -2.38. The molecule has 1 fully saturated rings. The summed E-state index contributed by atoms with van der Waals surface area (Å²) < 4.78 is 27.9. The highest BCUT2D eigenvalue weighted by molar-refractivity contribution is 7.89. The highest BCUT2D eigenvalue weighted by Gasteiger charge is 2.29. The first kappa shape index (κ1) is 29.0. The topological polar surface area (TPSA) is 79.4 Å². The monoisotopic (exact) mass is 563 g/mol. The van der Waals surface area contributed by atoms with E-state index in [1.165, 1.54) is 23.5 Å². The van der Waals surface area contributed by atoms with Crippen LogP contribution < -0.4 is 5.32 Å². The van der Waals surface area contributed by atoms with Crippen LogP contribution >= 0.6 is 11.3 Å². The molecule has 6 nitrogen and oxygen atoms in total. The maximum atomic E-state index is 13.2. The molecule has 0 aliphatic carbocycles. The van der Waals surface area contributed by atoms with Gasteiger partial charge in [-0.05, 0) is 74.9 Å². The Bertz CT molecular complexity index is 1470. The zero-order valence-electron chi connectivity index (χ0n) is 23.2. The zero-order valence-corrected chi connectivity index (χ0v) is 24.8. The summed E-state index contributed by atoms with van der Waals surface area (Å²) in [6.07, 6.45) is 5.83. The Kier molecular flexibility index (Phi) is 9.60. The van der Waals surface area contributed by atoms with Crippen molar-refractivity contribution in [3.63, 3.8) is 0 Å². The van der Waals surface area contributed by atoms with Gasteiger partial charge in [0, 0.05) is 30.6 Å². The number of piperidine rings is 1. The van der Waals surface area contributed by atoms with Crippen LogP contribution in [-0.2, 0) is 10.0 Å². The quantitative estimate of drug-likeness (QED) is 0.298. The van der Waals surface area contributed by atoms with Gasteiger partial charge >= 0.3 is 0 Å². The summed E-state index contributed by atoms with van der Waals surface area (Å²) >= 11 is 1.35. The molecule has 0 bridgehead atoms. The minimum absolute atomic E-state index is 0.216. The molecule has 1 saturated heterocycles. The molecule has 1 N–H and O–H groups in total. The standard InChI is InChI=1S/C31H37N3O3S2/c1-5-7-8-10-28-29(27-21-22(3)11-12-23(27)4)32-31(38-28)33-30(35)25-13-15-26(16-14-25)39(36,37)34-19-17-24(9-6-2)18-20-34/h11-16,21,24H,5-7,9,17-20H2,1-4H3,(H,32,33,35). The van der Waals surface area contributed by atoms with Crippen molar-refractivity contribution in [1.82, 2.24) is 9.29 Å². The van der Waals surface area contributed by atoms with E-state index in [0.29, 0.717) is 29.7 Å². The van der Waals surface area contributed by atoms with Crippen LogP contribution in [0.5, 0.6) is 0 Å². The van der Waals surface area contributed by atoms with Gasteiger partial charge in [-0.2, -0.15) is 4.31 Å². The van der Waals surface area contributed by atoms with Gasteiger partial charge in [-0.25, -0.2) is 13.4 Å². The zero-order chi connectivity index (χ0) is 28.0. The fraction of sp³-hybridized carbons (Fsp3) is 0.419. The van der Waals surface area contributed by atoms with E-state index in [1.54, 1.807) is 16.4 Å². The minimum atomic E-state index is -3.58. The first-order valence-corrected chi connectivity index (χ1v) is 16.0. The van der Waals surface area contributed by atoms with Gasteiger partial charge in [-0.15, -0.1) is 0 Å². The van der Waals surface area contributed by atoms with E-state index in [4.69, 9.17) is 4.98 Å². The lowest BCUT2D eigenvalue weighted by Gasteiger charge is -2.31. The number of nitrogens with zero attached hydrogens (tertiary/aromatic N) is 2. The van der Waals surface area contributed by atoms with Gasteiger partial charge in [0.15, 0.2) is 5.13 Å². The van der Waals surface area contributed by atoms with Crippen molar-refractivity contribution in [2.45, 2.75) is 71.1 Å². The third-order valence-corrected chi connectivity index (χ3v) is 9.90. The molecule has 0 spiro atoms. The lowest BCUT2D eigenvalue weighted by molar-refractivity contribution is 0.102. The molecule has 4 rings (SSSR count). The molecule has 0 saturated carbocycles. The number of aryl methyl sites for hydroxylation is 2. The summed E-state index contributed by atoms with van der Waals surface area (Å²) in [6, 6.07) is 12.4. The second kappa shape index (κ2) is 12.9. The summed E-state index contributed by atoms with van der Waals surface area (Å²) in [5.74, 6) is 6.70. The Hall–Kier alpha value is -2.99. The van der Waals surface area contributed by atoms with E-state index >= 15 is 0 Å². The molecule has 1 amide bonds. The second-order valence-electron chi connectivity index (χ2n) is 10.2. The van der Waals surface area contributed by atoms with Crippen molar-refractivity contribution in [2.24, 2.45) is 5.92 Å².